The Kier molecular flexibility index (Phi) is 7.39. The molecular weight excluding hydrogens is 482 g/mol. The Labute approximate surface area is 223 Å². The summed E-state index contributed by atoms with van der Waals surface area (Å²) in [5.41, 5.74) is 3.35. The highest BCUT2D eigenvalue weighted by Crippen LogP contribution is 2.30. The summed E-state index contributed by atoms with van der Waals surface area (Å²) in [7, 11) is 2.02. The van der Waals surface area contributed by atoms with E-state index in [2.05, 4.69) is 22.7 Å². The van der Waals surface area contributed by atoms with Crippen LogP contribution in [-0.2, 0) is 17.8 Å². The summed E-state index contributed by atoms with van der Waals surface area (Å²) in [6.45, 7) is 5.90. The molecule has 2 aromatic carbocycles. The van der Waals surface area contributed by atoms with Crippen LogP contribution in [0, 0.1) is 30.4 Å². The Morgan fingerprint density at radius 3 is 2.39 bits per heavy atom. The van der Waals surface area contributed by atoms with Crippen molar-refractivity contribution in [2.75, 3.05) is 20.1 Å². The van der Waals surface area contributed by atoms with Crippen LogP contribution in [0.3, 0.4) is 0 Å². The fourth-order valence-corrected chi connectivity index (χ4v) is 5.80. The summed E-state index contributed by atoms with van der Waals surface area (Å²) in [5.74, 6) is 1.64. The molecule has 2 aliphatic heterocycles. The number of Topliss-reactive ketones (excluding diaryl/α,β-unsaturated/α-hetero) is 1. The number of rotatable bonds is 6. The third-order valence-corrected chi connectivity index (χ3v) is 8.08. The van der Waals surface area contributed by atoms with E-state index in [1.807, 2.05) is 20.0 Å². The molecule has 2 aliphatic rings. The van der Waals surface area contributed by atoms with Gasteiger partial charge < -0.3 is 4.57 Å². The minimum absolute atomic E-state index is 0.0792. The zero-order valence-corrected chi connectivity index (χ0v) is 22.3. The molecule has 0 fully saturated rings. The lowest BCUT2D eigenvalue weighted by atomic mass is 9.82. The molecule has 0 N–H and O–H groups in total. The average molecular weight is 518 g/mol. The van der Waals surface area contributed by atoms with Gasteiger partial charge in [-0.3, -0.25) is 9.28 Å². The van der Waals surface area contributed by atoms with Gasteiger partial charge in [0.1, 0.15) is 30.5 Å². The lowest BCUT2D eigenvalue weighted by molar-refractivity contribution is -0.806. The molecule has 3 unspecified atom stereocenters. The number of hydrogen-bond acceptors (Lipinski definition) is 3. The fraction of sp³-hybridized carbons (Fsp3) is 0.387. The second-order valence-electron chi connectivity index (χ2n) is 11.0. The van der Waals surface area contributed by atoms with Crippen LogP contribution in [0.2, 0.25) is 0 Å². The molecule has 0 spiro atoms. The summed E-state index contributed by atoms with van der Waals surface area (Å²) in [4.78, 5) is 23.4. The number of carbonyl (C=O) groups is 1. The molecule has 38 heavy (non-hydrogen) atoms. The third-order valence-electron chi connectivity index (χ3n) is 8.08. The van der Waals surface area contributed by atoms with Crippen LogP contribution in [0.4, 0.5) is 8.78 Å². The van der Waals surface area contributed by atoms with Crippen LogP contribution in [0.25, 0.3) is 5.70 Å². The minimum Gasteiger partial charge on any atom is -0.335 e. The van der Waals surface area contributed by atoms with Crippen molar-refractivity contribution in [1.82, 2.24) is 9.55 Å². The number of hydrogen-bond donors (Lipinski definition) is 0. The van der Waals surface area contributed by atoms with Crippen LogP contribution < -0.4 is 0 Å². The van der Waals surface area contributed by atoms with Gasteiger partial charge in [-0.05, 0) is 86.7 Å². The van der Waals surface area contributed by atoms with E-state index in [9.17, 15) is 13.6 Å². The second-order valence-corrected chi connectivity index (χ2v) is 11.0. The number of nitrogens with zero attached hydrogens (tertiary/aromatic N) is 4. The number of aryl methyl sites for hydroxylation is 3. The smallest absolute Gasteiger partial charge is 0.235 e. The highest BCUT2D eigenvalue weighted by molar-refractivity contribution is 5.99. The first-order valence-electron chi connectivity index (χ1n) is 13.4. The summed E-state index contributed by atoms with van der Waals surface area (Å²) in [6.07, 6.45) is 8.00. The van der Waals surface area contributed by atoms with Gasteiger partial charge in [-0.25, -0.2) is 13.8 Å². The molecule has 0 amide bonds. The second kappa shape index (κ2) is 10.7. The van der Waals surface area contributed by atoms with E-state index in [0.717, 1.165) is 60.6 Å². The topological polar surface area (TPSA) is 47.2 Å². The molecule has 5 nitrogen and oxygen atoms in total. The van der Waals surface area contributed by atoms with E-state index in [1.165, 1.54) is 24.3 Å². The number of ketones is 1. The lowest BCUT2D eigenvalue weighted by Gasteiger charge is -2.37. The largest absolute Gasteiger partial charge is 0.335 e. The van der Waals surface area contributed by atoms with Crippen molar-refractivity contribution in [3.05, 3.63) is 95.1 Å². The van der Waals surface area contributed by atoms with Crippen LogP contribution in [0.5, 0.6) is 0 Å². The summed E-state index contributed by atoms with van der Waals surface area (Å²) in [5, 5.41) is 0. The molecule has 0 saturated carbocycles. The van der Waals surface area contributed by atoms with Crippen molar-refractivity contribution in [3.63, 3.8) is 0 Å². The number of carbonyl (C=O) groups excluding carboxylic acids is 1. The van der Waals surface area contributed by atoms with Crippen molar-refractivity contribution in [2.45, 2.75) is 46.1 Å². The van der Waals surface area contributed by atoms with Crippen LogP contribution in [-0.4, -0.2) is 45.8 Å². The summed E-state index contributed by atoms with van der Waals surface area (Å²) in [6, 6.07) is 12.5. The predicted molar refractivity (Wildman–Crippen MR) is 145 cm³/mol. The number of fused-ring (bicyclic) bond motifs is 1. The first kappa shape index (κ1) is 26.2. The molecule has 198 valence electrons. The normalized spacial score (nSPS) is 22.5. The number of aliphatic imine (C=N–C) groups is 1. The van der Waals surface area contributed by atoms with Gasteiger partial charge in [0.25, 0.3) is 0 Å². The molecule has 3 heterocycles. The number of amidine groups is 1. The molecule has 1 aromatic heterocycles. The maximum Gasteiger partial charge on any atom is 0.235 e. The van der Waals surface area contributed by atoms with E-state index in [0.29, 0.717) is 29.3 Å². The van der Waals surface area contributed by atoms with Gasteiger partial charge in [-0.2, -0.15) is 4.99 Å². The standard InChI is InChI=1S/C31H35F2N4O/c1-21-19-36-17-4-5-23(10-15-30(36)34-21)22(2)29(38)20-37(3)18-16-28(24-6-11-26(32)12-7-24)35-31(37)25-8-13-27(33)14-9-25/h6-9,11-14,16,19,22-23H,4-5,10,15,17-18,20H2,1-3H3/q+1. The van der Waals surface area contributed by atoms with Crippen LogP contribution in [0.1, 0.15) is 48.8 Å². The highest BCUT2D eigenvalue weighted by Gasteiger charge is 2.38. The number of aromatic nitrogens is 2. The zero-order chi connectivity index (χ0) is 26.9. The molecule has 3 aromatic rings. The van der Waals surface area contributed by atoms with Crippen molar-refractivity contribution in [1.29, 1.82) is 0 Å². The molecule has 7 heteroatoms. The summed E-state index contributed by atoms with van der Waals surface area (Å²) >= 11 is 0. The number of likely N-dealkylation sites (N-methyl/N-ethyl adjacent to an activating group) is 1. The lowest BCUT2D eigenvalue weighted by Crippen LogP contribution is -2.55. The Morgan fingerprint density at radius 1 is 1.05 bits per heavy atom. The van der Waals surface area contributed by atoms with Crippen molar-refractivity contribution < 1.29 is 18.1 Å². The Hall–Kier alpha value is -3.45. The Bertz CT molecular complexity index is 1370. The zero-order valence-electron chi connectivity index (χ0n) is 22.3. The Morgan fingerprint density at radius 2 is 1.71 bits per heavy atom. The first-order valence-corrected chi connectivity index (χ1v) is 13.4. The molecule has 0 radical (unpaired) electrons. The van der Waals surface area contributed by atoms with Crippen molar-refractivity contribution in [2.24, 2.45) is 16.8 Å². The van der Waals surface area contributed by atoms with Gasteiger partial charge in [0.15, 0.2) is 5.78 Å². The monoisotopic (exact) mass is 517 g/mol. The van der Waals surface area contributed by atoms with Crippen LogP contribution >= 0.6 is 0 Å². The van der Waals surface area contributed by atoms with Gasteiger partial charge in [0.2, 0.25) is 5.84 Å². The van der Waals surface area contributed by atoms with Gasteiger partial charge in [0, 0.05) is 30.6 Å². The van der Waals surface area contributed by atoms with E-state index in [-0.39, 0.29) is 23.3 Å². The SMILES string of the molecule is Cc1cn2c(n1)CCC(C(C)C(=O)C[N+]1(C)CC=C(c3ccc(F)cc3)N=C1c1ccc(F)cc1)CCC2. The van der Waals surface area contributed by atoms with E-state index in [4.69, 9.17) is 4.99 Å². The molecule has 0 aliphatic carbocycles. The molecule has 0 saturated heterocycles. The summed E-state index contributed by atoms with van der Waals surface area (Å²) < 4.78 is 29.8. The van der Waals surface area contributed by atoms with E-state index in [1.54, 1.807) is 24.3 Å². The highest BCUT2D eigenvalue weighted by atomic mass is 19.1. The minimum atomic E-state index is -0.321. The maximum absolute atomic E-state index is 13.8. The van der Waals surface area contributed by atoms with E-state index < -0.39 is 0 Å². The number of quaternary nitrogens is 1. The molecular formula is C31H35F2N4O+. The molecule has 5 rings (SSSR count). The number of imidazole rings is 1. The third kappa shape index (κ3) is 5.53. The van der Waals surface area contributed by atoms with Gasteiger partial charge >= 0.3 is 0 Å². The first-order chi connectivity index (χ1) is 18.2. The van der Waals surface area contributed by atoms with Crippen molar-refractivity contribution >= 4 is 17.3 Å². The fourth-order valence-electron chi connectivity index (χ4n) is 5.80. The maximum atomic E-state index is 13.8. The molecule has 3 atom stereocenters. The molecule has 0 bridgehead atoms. The van der Waals surface area contributed by atoms with Gasteiger partial charge in [0.05, 0.1) is 24.0 Å². The quantitative estimate of drug-likeness (QED) is 0.379. The average Bonchev–Trinajstić information content (AvgIpc) is 3.23. The number of benzene rings is 2. The van der Waals surface area contributed by atoms with Gasteiger partial charge in [-0.15, -0.1) is 0 Å². The van der Waals surface area contributed by atoms with Crippen LogP contribution in [0.15, 0.2) is 65.8 Å². The Balaban J connectivity index is 1.37. The number of halogens is 2. The predicted octanol–water partition coefficient (Wildman–Crippen LogP) is 5.97. The van der Waals surface area contributed by atoms with Gasteiger partial charge in [-0.1, -0.05) is 6.92 Å². The van der Waals surface area contributed by atoms with Crippen molar-refractivity contribution in [3.8, 4) is 0 Å². The van der Waals surface area contributed by atoms with E-state index >= 15 is 0 Å².